The molecule has 0 bridgehead atoms. The highest BCUT2D eigenvalue weighted by atomic mass is 16.5. The first-order chi connectivity index (χ1) is 11.7. The number of aryl methyl sites for hydroxylation is 1. The van der Waals surface area contributed by atoms with E-state index in [9.17, 15) is 9.59 Å². The van der Waals surface area contributed by atoms with Crippen LogP contribution in [0.5, 0.6) is 0 Å². The van der Waals surface area contributed by atoms with Crippen molar-refractivity contribution in [1.29, 1.82) is 0 Å². The van der Waals surface area contributed by atoms with E-state index >= 15 is 0 Å². The van der Waals surface area contributed by atoms with Crippen LogP contribution in [-0.2, 0) is 16.0 Å². The second-order valence-corrected chi connectivity index (χ2v) is 7.30. The summed E-state index contributed by atoms with van der Waals surface area (Å²) >= 11 is 0. The molecule has 1 aliphatic carbocycles. The molecule has 0 aliphatic heterocycles. The van der Waals surface area contributed by atoms with Crippen molar-refractivity contribution < 1.29 is 23.8 Å². The summed E-state index contributed by atoms with van der Waals surface area (Å²) in [6, 6.07) is 0.0727. The average Bonchev–Trinajstić information content (AvgIpc) is 2.88. The molecule has 1 saturated carbocycles. The summed E-state index contributed by atoms with van der Waals surface area (Å²) in [6.07, 6.45) is 2.95. The van der Waals surface area contributed by atoms with E-state index in [0.717, 1.165) is 12.8 Å². The van der Waals surface area contributed by atoms with Gasteiger partial charge in [0.15, 0.2) is 0 Å². The number of rotatable bonds is 8. The van der Waals surface area contributed by atoms with Crippen molar-refractivity contribution in [2.24, 2.45) is 5.41 Å². The summed E-state index contributed by atoms with van der Waals surface area (Å²) in [4.78, 5) is 26.2. The van der Waals surface area contributed by atoms with Gasteiger partial charge in [-0.25, -0.2) is 0 Å². The fourth-order valence-corrected chi connectivity index (χ4v) is 3.71. The molecule has 6 heteroatoms. The van der Waals surface area contributed by atoms with Gasteiger partial charge in [0.25, 0.3) is 5.91 Å². The molecular weight excluding hydrogens is 322 g/mol. The zero-order valence-corrected chi connectivity index (χ0v) is 15.8. The first-order valence-corrected chi connectivity index (χ1v) is 8.95. The number of carbonyl (C=O) groups is 2. The van der Waals surface area contributed by atoms with Crippen LogP contribution in [0.15, 0.2) is 10.7 Å². The Morgan fingerprint density at radius 1 is 1.40 bits per heavy atom. The van der Waals surface area contributed by atoms with Gasteiger partial charge in [0, 0.05) is 30.2 Å². The fraction of sp³-hybridized carbons (Fsp3) is 0.684. The molecule has 0 saturated heterocycles. The summed E-state index contributed by atoms with van der Waals surface area (Å²) in [7, 11) is 0. The van der Waals surface area contributed by atoms with Gasteiger partial charge >= 0.3 is 5.97 Å². The van der Waals surface area contributed by atoms with Gasteiger partial charge in [-0.2, -0.15) is 0 Å². The lowest BCUT2D eigenvalue weighted by Gasteiger charge is -2.55. The highest BCUT2D eigenvalue weighted by molar-refractivity contribution is 5.97. The Kier molecular flexibility index (Phi) is 5.93. The van der Waals surface area contributed by atoms with Gasteiger partial charge in [0.2, 0.25) is 0 Å². The van der Waals surface area contributed by atoms with Gasteiger partial charge in [-0.05, 0) is 26.7 Å². The first kappa shape index (κ1) is 19.5. The summed E-state index contributed by atoms with van der Waals surface area (Å²) in [5.41, 5.74) is 0.943. The molecule has 1 fully saturated rings. The maximum atomic E-state index is 13.2. The molecule has 1 heterocycles. The number of aliphatic carboxylic acids is 1. The minimum atomic E-state index is -1.01. The number of ether oxygens (including phenoxy) is 1. The fourth-order valence-electron chi connectivity index (χ4n) is 3.71. The number of hydrogen-bond acceptors (Lipinski definition) is 4. The first-order valence-electron chi connectivity index (χ1n) is 8.95. The molecule has 0 aromatic carbocycles. The molecule has 140 valence electrons. The molecule has 1 aliphatic rings. The molecule has 1 N–H and O–H groups in total. The average molecular weight is 351 g/mol. The molecule has 2 rings (SSSR count). The summed E-state index contributed by atoms with van der Waals surface area (Å²) in [6.45, 7) is 11.3. The van der Waals surface area contributed by atoms with E-state index < -0.39 is 5.97 Å². The van der Waals surface area contributed by atoms with E-state index in [2.05, 4.69) is 13.8 Å². The lowest BCUT2D eigenvalue weighted by atomic mass is 9.63. The van der Waals surface area contributed by atoms with E-state index in [4.69, 9.17) is 14.3 Å². The Hall–Kier alpha value is -1.82. The van der Waals surface area contributed by atoms with E-state index in [-0.39, 0.29) is 35.6 Å². The van der Waals surface area contributed by atoms with Crippen LogP contribution in [0.1, 0.15) is 62.2 Å². The number of carboxylic acid groups (broad SMARTS) is 1. The maximum absolute atomic E-state index is 13.2. The van der Waals surface area contributed by atoms with Crippen LogP contribution in [0.25, 0.3) is 0 Å². The van der Waals surface area contributed by atoms with Crippen LogP contribution >= 0.6 is 0 Å². The minimum absolute atomic E-state index is 0.0727. The lowest BCUT2D eigenvalue weighted by Crippen LogP contribution is -2.63. The Bertz CT molecular complexity index is 634. The third kappa shape index (κ3) is 3.73. The van der Waals surface area contributed by atoms with E-state index in [1.54, 1.807) is 6.92 Å². The van der Waals surface area contributed by atoms with E-state index in [0.29, 0.717) is 24.3 Å². The Morgan fingerprint density at radius 3 is 2.60 bits per heavy atom. The predicted octanol–water partition coefficient (Wildman–Crippen LogP) is 3.27. The second kappa shape index (κ2) is 7.60. The molecule has 2 atom stereocenters. The van der Waals surface area contributed by atoms with Gasteiger partial charge in [0.1, 0.15) is 12.2 Å². The zero-order chi connectivity index (χ0) is 18.8. The van der Waals surface area contributed by atoms with Crippen LogP contribution in [0.4, 0.5) is 0 Å². The Labute approximate surface area is 149 Å². The highest BCUT2D eigenvalue weighted by Gasteiger charge is 2.52. The SMILES string of the molecule is CCCN(C(=O)c1c(C)coc1CC(=O)O)C1CC(OCC)C1(C)C. The Morgan fingerprint density at radius 2 is 2.08 bits per heavy atom. The van der Waals surface area contributed by atoms with Crippen molar-refractivity contribution >= 4 is 11.9 Å². The number of amides is 1. The van der Waals surface area contributed by atoms with Crippen LogP contribution in [-0.4, -0.2) is 47.2 Å². The van der Waals surface area contributed by atoms with Crippen LogP contribution in [0, 0.1) is 12.3 Å². The zero-order valence-electron chi connectivity index (χ0n) is 15.8. The van der Waals surface area contributed by atoms with Crippen molar-refractivity contribution in [2.45, 2.75) is 66.0 Å². The standard InChI is InChI=1S/C19H29NO5/c1-6-8-20(14-10-15(24-7-2)19(14,4)5)18(23)17-12(3)11-25-13(17)9-16(21)22/h11,14-15H,6-10H2,1-5H3,(H,21,22). The quantitative estimate of drug-likeness (QED) is 0.777. The number of carbonyl (C=O) groups excluding carboxylic acids is 1. The third-order valence-corrected chi connectivity index (χ3v) is 5.17. The van der Waals surface area contributed by atoms with Gasteiger partial charge in [-0.15, -0.1) is 0 Å². The molecule has 1 aromatic rings. The normalized spacial score (nSPS) is 21.6. The monoisotopic (exact) mass is 351 g/mol. The van der Waals surface area contributed by atoms with Crippen LogP contribution in [0.3, 0.4) is 0 Å². The minimum Gasteiger partial charge on any atom is -0.481 e. The Balaban J connectivity index is 2.28. The van der Waals surface area contributed by atoms with E-state index in [1.165, 1.54) is 6.26 Å². The molecular formula is C19H29NO5. The van der Waals surface area contributed by atoms with Crippen LogP contribution in [0.2, 0.25) is 0 Å². The lowest BCUT2D eigenvalue weighted by molar-refractivity contribution is -0.140. The molecule has 25 heavy (non-hydrogen) atoms. The predicted molar refractivity (Wildman–Crippen MR) is 93.7 cm³/mol. The largest absolute Gasteiger partial charge is 0.481 e. The van der Waals surface area contributed by atoms with Crippen molar-refractivity contribution in [3.05, 3.63) is 23.2 Å². The smallest absolute Gasteiger partial charge is 0.311 e. The maximum Gasteiger partial charge on any atom is 0.311 e. The number of furan rings is 1. The van der Waals surface area contributed by atoms with Crippen LogP contribution < -0.4 is 0 Å². The molecule has 1 amide bonds. The van der Waals surface area contributed by atoms with Crippen molar-refractivity contribution in [1.82, 2.24) is 4.90 Å². The molecule has 1 aromatic heterocycles. The summed E-state index contributed by atoms with van der Waals surface area (Å²) < 4.78 is 11.1. The molecule has 0 radical (unpaired) electrons. The number of carboxylic acids is 1. The topological polar surface area (TPSA) is 80.0 Å². The summed E-state index contributed by atoms with van der Waals surface area (Å²) in [5, 5.41) is 9.07. The molecule has 0 spiro atoms. The van der Waals surface area contributed by atoms with Crippen molar-refractivity contribution in [3.8, 4) is 0 Å². The molecule has 2 unspecified atom stereocenters. The number of nitrogens with zero attached hydrogens (tertiary/aromatic N) is 1. The van der Waals surface area contributed by atoms with Crippen molar-refractivity contribution in [3.63, 3.8) is 0 Å². The number of hydrogen-bond donors (Lipinski definition) is 1. The second-order valence-electron chi connectivity index (χ2n) is 7.30. The van der Waals surface area contributed by atoms with E-state index in [1.807, 2.05) is 18.7 Å². The van der Waals surface area contributed by atoms with Crippen molar-refractivity contribution in [2.75, 3.05) is 13.2 Å². The third-order valence-electron chi connectivity index (χ3n) is 5.17. The van der Waals surface area contributed by atoms with Gasteiger partial charge in [-0.1, -0.05) is 20.8 Å². The summed E-state index contributed by atoms with van der Waals surface area (Å²) in [5.74, 6) is -0.919. The molecule has 6 nitrogen and oxygen atoms in total. The van der Waals surface area contributed by atoms with Gasteiger partial charge < -0.3 is 19.2 Å². The van der Waals surface area contributed by atoms with Gasteiger partial charge in [0.05, 0.1) is 17.9 Å². The van der Waals surface area contributed by atoms with Gasteiger partial charge in [-0.3, -0.25) is 9.59 Å². The highest BCUT2D eigenvalue weighted by Crippen LogP contribution is 2.46.